The Balaban J connectivity index is 1.57. The van der Waals surface area contributed by atoms with Crippen LogP contribution in [0.2, 0.25) is 10.0 Å². The lowest BCUT2D eigenvalue weighted by Gasteiger charge is -2.10. The lowest BCUT2D eigenvalue weighted by molar-refractivity contribution is 0.695. The Morgan fingerprint density at radius 3 is 2.96 bits per heavy atom. The molecule has 0 N–H and O–H groups in total. The summed E-state index contributed by atoms with van der Waals surface area (Å²) in [6.07, 6.45) is 6.14. The van der Waals surface area contributed by atoms with Gasteiger partial charge >= 0.3 is 0 Å². The second kappa shape index (κ2) is 7.31. The number of aromatic nitrogens is 2. The molecular formula is C18H16Cl2N2OS2. The fourth-order valence-corrected chi connectivity index (χ4v) is 5.84. The molecule has 2 heterocycles. The molecular weight excluding hydrogens is 395 g/mol. The smallest absolute Gasteiger partial charge is 0.262 e. The predicted molar refractivity (Wildman–Crippen MR) is 108 cm³/mol. The Labute approximate surface area is 164 Å². The highest BCUT2D eigenvalue weighted by molar-refractivity contribution is 7.99. The molecule has 0 atom stereocenters. The van der Waals surface area contributed by atoms with Crippen molar-refractivity contribution < 1.29 is 0 Å². The Morgan fingerprint density at radius 2 is 2.08 bits per heavy atom. The normalized spacial score (nSPS) is 14.0. The third-order valence-corrected chi connectivity index (χ3v) is 7.34. The fraction of sp³-hybridized carbons (Fsp3) is 0.333. The van der Waals surface area contributed by atoms with E-state index in [-0.39, 0.29) is 5.56 Å². The molecule has 0 unspecified atom stereocenters. The molecule has 1 aliphatic rings. The summed E-state index contributed by atoms with van der Waals surface area (Å²) in [6, 6.07) is 5.42. The molecule has 25 heavy (non-hydrogen) atoms. The molecule has 3 nitrogen and oxygen atoms in total. The quantitative estimate of drug-likeness (QED) is 0.537. The number of aryl methyl sites for hydroxylation is 3. The minimum absolute atomic E-state index is 0.0854. The zero-order chi connectivity index (χ0) is 17.4. The third kappa shape index (κ3) is 3.47. The number of nitrogens with zero attached hydrogens (tertiary/aromatic N) is 2. The van der Waals surface area contributed by atoms with Crippen LogP contribution < -0.4 is 5.56 Å². The average molecular weight is 411 g/mol. The molecule has 0 fully saturated rings. The molecule has 1 aliphatic carbocycles. The van der Waals surface area contributed by atoms with E-state index in [2.05, 4.69) is 4.98 Å². The maximum Gasteiger partial charge on any atom is 0.262 e. The van der Waals surface area contributed by atoms with E-state index in [1.54, 1.807) is 46.1 Å². The standard InChI is InChI=1S/C18H16Cl2N2OS2/c19-11-5-6-13(20)15(9-11)24-8-7-22-10-21-17-16(18(22)23)12-3-1-2-4-14(12)25-17/h5-6,9-10H,1-4,7-8H2. The third-order valence-electron chi connectivity index (χ3n) is 4.42. The first-order valence-electron chi connectivity index (χ1n) is 8.21. The summed E-state index contributed by atoms with van der Waals surface area (Å²) in [5, 5.41) is 2.19. The fourth-order valence-electron chi connectivity index (χ4n) is 3.18. The molecule has 7 heteroatoms. The summed E-state index contributed by atoms with van der Waals surface area (Å²) in [7, 11) is 0. The van der Waals surface area contributed by atoms with Crippen molar-refractivity contribution in [2.24, 2.45) is 0 Å². The van der Waals surface area contributed by atoms with Crippen LogP contribution in [0, 0.1) is 0 Å². The maximum atomic E-state index is 12.9. The van der Waals surface area contributed by atoms with Gasteiger partial charge in [0.1, 0.15) is 4.83 Å². The van der Waals surface area contributed by atoms with Crippen LogP contribution in [-0.2, 0) is 19.4 Å². The highest BCUT2D eigenvalue weighted by Gasteiger charge is 2.19. The largest absolute Gasteiger partial charge is 0.298 e. The Morgan fingerprint density at radius 1 is 1.24 bits per heavy atom. The molecule has 0 amide bonds. The molecule has 0 saturated heterocycles. The van der Waals surface area contributed by atoms with E-state index in [0.29, 0.717) is 16.6 Å². The number of hydrogen-bond donors (Lipinski definition) is 0. The van der Waals surface area contributed by atoms with Crippen molar-refractivity contribution in [2.45, 2.75) is 37.1 Å². The minimum Gasteiger partial charge on any atom is -0.298 e. The van der Waals surface area contributed by atoms with Crippen LogP contribution in [0.3, 0.4) is 0 Å². The first-order chi connectivity index (χ1) is 12.1. The summed E-state index contributed by atoms with van der Waals surface area (Å²) >= 11 is 15.5. The first-order valence-corrected chi connectivity index (χ1v) is 10.8. The van der Waals surface area contributed by atoms with Crippen LogP contribution in [-0.4, -0.2) is 15.3 Å². The molecule has 1 aromatic carbocycles. The molecule has 0 bridgehead atoms. The molecule has 2 aromatic heterocycles. The van der Waals surface area contributed by atoms with Crippen molar-refractivity contribution in [3.63, 3.8) is 0 Å². The summed E-state index contributed by atoms with van der Waals surface area (Å²) in [5.74, 6) is 0.736. The number of benzene rings is 1. The Bertz CT molecular complexity index is 997. The van der Waals surface area contributed by atoms with Crippen molar-refractivity contribution in [3.05, 3.63) is 55.4 Å². The second-order valence-electron chi connectivity index (χ2n) is 6.06. The van der Waals surface area contributed by atoms with Gasteiger partial charge in [-0.2, -0.15) is 0 Å². The Hall–Kier alpha value is -1.01. The van der Waals surface area contributed by atoms with Gasteiger partial charge in [-0.15, -0.1) is 23.1 Å². The topological polar surface area (TPSA) is 34.9 Å². The van der Waals surface area contributed by atoms with Gasteiger partial charge in [-0.3, -0.25) is 9.36 Å². The molecule has 4 rings (SSSR count). The van der Waals surface area contributed by atoms with E-state index in [4.69, 9.17) is 23.2 Å². The van der Waals surface area contributed by atoms with E-state index in [1.807, 2.05) is 6.07 Å². The number of hydrogen-bond acceptors (Lipinski definition) is 4. The van der Waals surface area contributed by atoms with Gasteiger partial charge in [-0.25, -0.2) is 4.98 Å². The van der Waals surface area contributed by atoms with Gasteiger partial charge in [0, 0.05) is 27.1 Å². The first kappa shape index (κ1) is 17.4. The van der Waals surface area contributed by atoms with Gasteiger partial charge in [0.15, 0.2) is 0 Å². The lowest BCUT2D eigenvalue weighted by Crippen LogP contribution is -2.22. The number of halogens is 2. The van der Waals surface area contributed by atoms with Crippen LogP contribution in [0.25, 0.3) is 10.2 Å². The van der Waals surface area contributed by atoms with E-state index < -0.39 is 0 Å². The SMILES string of the molecule is O=c1c2c3c(sc2ncn1CCSc1cc(Cl)ccc1Cl)CCCC3. The van der Waals surface area contributed by atoms with Gasteiger partial charge < -0.3 is 0 Å². The van der Waals surface area contributed by atoms with Crippen LogP contribution in [0.4, 0.5) is 0 Å². The molecule has 0 saturated carbocycles. The van der Waals surface area contributed by atoms with Gasteiger partial charge in [0.05, 0.1) is 16.7 Å². The summed E-state index contributed by atoms with van der Waals surface area (Å²) in [6.45, 7) is 0.597. The monoisotopic (exact) mass is 410 g/mol. The predicted octanol–water partition coefficient (Wildman–Crippen LogP) is 5.44. The van der Waals surface area contributed by atoms with Crippen molar-refractivity contribution in [1.82, 2.24) is 9.55 Å². The van der Waals surface area contributed by atoms with Gasteiger partial charge in [-0.05, 0) is 49.4 Å². The molecule has 0 spiro atoms. The van der Waals surface area contributed by atoms with Crippen molar-refractivity contribution in [1.29, 1.82) is 0 Å². The zero-order valence-corrected chi connectivity index (χ0v) is 16.6. The molecule has 130 valence electrons. The van der Waals surface area contributed by atoms with Gasteiger partial charge in [0.25, 0.3) is 5.56 Å². The van der Waals surface area contributed by atoms with Crippen LogP contribution in [0.15, 0.2) is 34.2 Å². The van der Waals surface area contributed by atoms with Crippen LogP contribution >= 0.6 is 46.3 Å². The number of fused-ring (bicyclic) bond motifs is 3. The van der Waals surface area contributed by atoms with Crippen molar-refractivity contribution in [2.75, 3.05) is 5.75 Å². The highest BCUT2D eigenvalue weighted by Crippen LogP contribution is 2.33. The van der Waals surface area contributed by atoms with Gasteiger partial charge in [0.2, 0.25) is 0 Å². The maximum absolute atomic E-state index is 12.9. The molecule has 0 aliphatic heterocycles. The van der Waals surface area contributed by atoms with Gasteiger partial charge in [-0.1, -0.05) is 23.2 Å². The van der Waals surface area contributed by atoms with Crippen molar-refractivity contribution >= 4 is 56.5 Å². The minimum atomic E-state index is 0.0854. The summed E-state index contributed by atoms with van der Waals surface area (Å²) < 4.78 is 1.72. The van der Waals surface area contributed by atoms with E-state index in [0.717, 1.165) is 40.1 Å². The number of thiophene rings is 1. The second-order valence-corrected chi connectivity index (χ2v) is 9.12. The highest BCUT2D eigenvalue weighted by atomic mass is 35.5. The zero-order valence-electron chi connectivity index (χ0n) is 13.4. The van der Waals surface area contributed by atoms with Crippen LogP contribution in [0.1, 0.15) is 23.3 Å². The van der Waals surface area contributed by atoms with E-state index >= 15 is 0 Å². The van der Waals surface area contributed by atoms with Crippen LogP contribution in [0.5, 0.6) is 0 Å². The average Bonchev–Trinajstić information content (AvgIpc) is 2.99. The summed E-state index contributed by atoms with van der Waals surface area (Å²) in [5.41, 5.74) is 1.32. The number of thioether (sulfide) groups is 1. The summed E-state index contributed by atoms with van der Waals surface area (Å²) in [4.78, 5) is 20.6. The van der Waals surface area contributed by atoms with E-state index in [1.165, 1.54) is 16.9 Å². The van der Waals surface area contributed by atoms with Crippen molar-refractivity contribution in [3.8, 4) is 0 Å². The Kier molecular flexibility index (Phi) is 5.09. The van der Waals surface area contributed by atoms with E-state index in [9.17, 15) is 4.79 Å². The molecule has 3 aromatic rings. The number of rotatable bonds is 4. The molecule has 0 radical (unpaired) electrons. The lowest BCUT2D eigenvalue weighted by atomic mass is 9.97.